The third-order valence-corrected chi connectivity index (χ3v) is 7.07. The molecule has 2 aromatic heterocycles. The molecule has 0 saturated carbocycles. The quantitative estimate of drug-likeness (QED) is 0.250. The standard InChI is InChI=1S/C25H29N5O2S2/c1-18(2)13-15-30-24(28-29-25(30)33-16-14-26-34(3,31)32)21-17-23(19-9-5-4-6-10-19)27-22-12-8-7-11-20(21)22/h4-12,17-18,26H,13-16H2,1-3H3. The highest BCUT2D eigenvalue weighted by atomic mass is 32.2. The molecule has 0 saturated heterocycles. The summed E-state index contributed by atoms with van der Waals surface area (Å²) in [6.07, 6.45) is 2.15. The molecule has 0 spiro atoms. The maximum atomic E-state index is 11.4. The number of pyridine rings is 1. The van der Waals surface area contributed by atoms with Gasteiger partial charge in [0, 0.05) is 35.4 Å². The van der Waals surface area contributed by atoms with Crippen molar-refractivity contribution in [2.75, 3.05) is 18.6 Å². The van der Waals surface area contributed by atoms with Crippen LogP contribution in [0.25, 0.3) is 33.5 Å². The normalized spacial score (nSPS) is 12.0. The van der Waals surface area contributed by atoms with Crippen molar-refractivity contribution in [1.29, 1.82) is 0 Å². The molecular weight excluding hydrogens is 466 g/mol. The molecule has 178 valence electrons. The summed E-state index contributed by atoms with van der Waals surface area (Å²) in [6.45, 7) is 5.51. The summed E-state index contributed by atoms with van der Waals surface area (Å²) in [5, 5.41) is 10.9. The van der Waals surface area contributed by atoms with Crippen LogP contribution in [0, 0.1) is 5.92 Å². The van der Waals surface area contributed by atoms with E-state index in [1.807, 2.05) is 36.4 Å². The number of fused-ring (bicyclic) bond motifs is 1. The Hall–Kier alpha value is -2.75. The van der Waals surface area contributed by atoms with E-state index in [9.17, 15) is 8.42 Å². The highest BCUT2D eigenvalue weighted by Crippen LogP contribution is 2.33. The first-order valence-electron chi connectivity index (χ1n) is 11.3. The molecule has 7 nitrogen and oxygen atoms in total. The van der Waals surface area contributed by atoms with E-state index in [1.54, 1.807) is 0 Å². The molecule has 1 N–H and O–H groups in total. The highest BCUT2D eigenvalue weighted by Gasteiger charge is 2.19. The van der Waals surface area contributed by atoms with Gasteiger partial charge in [0.2, 0.25) is 10.0 Å². The van der Waals surface area contributed by atoms with Crippen LogP contribution >= 0.6 is 11.8 Å². The molecule has 2 aromatic carbocycles. The number of benzene rings is 2. The first-order chi connectivity index (χ1) is 16.3. The zero-order valence-electron chi connectivity index (χ0n) is 19.6. The Kier molecular flexibility index (Phi) is 7.65. The number of thioether (sulfide) groups is 1. The maximum absolute atomic E-state index is 11.4. The van der Waals surface area contributed by atoms with E-state index in [2.05, 4.69) is 57.6 Å². The Labute approximate surface area is 205 Å². The second-order valence-corrected chi connectivity index (χ2v) is 11.5. The Morgan fingerprint density at radius 1 is 1.03 bits per heavy atom. The van der Waals surface area contributed by atoms with E-state index in [4.69, 9.17) is 4.98 Å². The van der Waals surface area contributed by atoms with Gasteiger partial charge in [0.25, 0.3) is 0 Å². The Bertz CT molecular complexity index is 1370. The minimum Gasteiger partial charge on any atom is -0.302 e. The van der Waals surface area contributed by atoms with Crippen molar-refractivity contribution < 1.29 is 8.42 Å². The number of hydrogen-bond acceptors (Lipinski definition) is 6. The largest absolute Gasteiger partial charge is 0.302 e. The summed E-state index contributed by atoms with van der Waals surface area (Å²) in [5.41, 5.74) is 3.83. The van der Waals surface area contributed by atoms with E-state index >= 15 is 0 Å². The summed E-state index contributed by atoms with van der Waals surface area (Å²) in [7, 11) is -3.22. The van der Waals surface area contributed by atoms with E-state index < -0.39 is 10.0 Å². The van der Waals surface area contributed by atoms with Crippen LogP contribution in [0.1, 0.15) is 20.3 Å². The topological polar surface area (TPSA) is 89.8 Å². The number of sulfonamides is 1. The minimum absolute atomic E-state index is 0.340. The van der Waals surface area contributed by atoms with Gasteiger partial charge in [0.1, 0.15) is 0 Å². The summed E-state index contributed by atoms with van der Waals surface area (Å²) in [4.78, 5) is 4.90. The Morgan fingerprint density at radius 2 is 1.76 bits per heavy atom. The second-order valence-electron chi connectivity index (χ2n) is 8.59. The molecule has 9 heteroatoms. The molecule has 0 bridgehead atoms. The van der Waals surface area contributed by atoms with E-state index in [0.29, 0.717) is 18.2 Å². The molecule has 0 unspecified atom stereocenters. The van der Waals surface area contributed by atoms with Crippen LogP contribution in [0.4, 0.5) is 0 Å². The number of hydrogen-bond donors (Lipinski definition) is 1. The Balaban J connectivity index is 1.76. The van der Waals surface area contributed by atoms with Gasteiger partial charge < -0.3 is 4.57 Å². The second kappa shape index (κ2) is 10.7. The lowest BCUT2D eigenvalue weighted by atomic mass is 10.0. The van der Waals surface area contributed by atoms with Crippen LogP contribution in [0.3, 0.4) is 0 Å². The van der Waals surface area contributed by atoms with Gasteiger partial charge in [-0.2, -0.15) is 0 Å². The lowest BCUT2D eigenvalue weighted by Crippen LogP contribution is -2.24. The van der Waals surface area contributed by atoms with Crippen LogP contribution in [0.2, 0.25) is 0 Å². The van der Waals surface area contributed by atoms with Crippen molar-refractivity contribution in [2.45, 2.75) is 32.0 Å². The number of rotatable bonds is 10. The predicted molar refractivity (Wildman–Crippen MR) is 139 cm³/mol. The lowest BCUT2D eigenvalue weighted by molar-refractivity contribution is 0.498. The van der Waals surface area contributed by atoms with E-state index in [-0.39, 0.29) is 0 Å². The van der Waals surface area contributed by atoms with Crippen LogP contribution in [-0.4, -0.2) is 46.7 Å². The number of aromatic nitrogens is 4. The van der Waals surface area contributed by atoms with Gasteiger partial charge in [0.15, 0.2) is 11.0 Å². The van der Waals surface area contributed by atoms with Crippen molar-refractivity contribution in [3.8, 4) is 22.6 Å². The zero-order valence-corrected chi connectivity index (χ0v) is 21.2. The molecule has 0 aliphatic heterocycles. The molecule has 0 fully saturated rings. The van der Waals surface area contributed by atoms with Gasteiger partial charge in [0.05, 0.1) is 17.5 Å². The molecule has 2 heterocycles. The van der Waals surface area contributed by atoms with Crippen molar-refractivity contribution in [1.82, 2.24) is 24.5 Å². The van der Waals surface area contributed by atoms with Crippen LogP contribution < -0.4 is 4.72 Å². The average Bonchev–Trinajstić information content (AvgIpc) is 3.22. The summed E-state index contributed by atoms with van der Waals surface area (Å²) in [5.74, 6) is 1.89. The Morgan fingerprint density at radius 3 is 2.50 bits per heavy atom. The van der Waals surface area contributed by atoms with Crippen molar-refractivity contribution in [3.05, 3.63) is 60.7 Å². The molecule has 0 amide bonds. The van der Waals surface area contributed by atoms with Gasteiger partial charge in [-0.1, -0.05) is 74.1 Å². The molecule has 4 rings (SSSR count). The van der Waals surface area contributed by atoms with Crippen molar-refractivity contribution in [3.63, 3.8) is 0 Å². The van der Waals surface area contributed by atoms with Crippen LogP contribution in [-0.2, 0) is 16.6 Å². The van der Waals surface area contributed by atoms with E-state index in [1.165, 1.54) is 18.0 Å². The number of nitrogens with zero attached hydrogens (tertiary/aromatic N) is 4. The fraction of sp³-hybridized carbons (Fsp3) is 0.320. The summed E-state index contributed by atoms with van der Waals surface area (Å²) < 4.78 is 27.5. The third-order valence-electron chi connectivity index (χ3n) is 5.37. The first-order valence-corrected chi connectivity index (χ1v) is 14.2. The number of nitrogens with one attached hydrogen (secondary N) is 1. The fourth-order valence-corrected chi connectivity index (χ4v) is 5.09. The van der Waals surface area contributed by atoms with Crippen molar-refractivity contribution in [2.24, 2.45) is 5.92 Å². The molecule has 0 atom stereocenters. The smallest absolute Gasteiger partial charge is 0.208 e. The van der Waals surface area contributed by atoms with Crippen molar-refractivity contribution >= 4 is 32.7 Å². The monoisotopic (exact) mass is 495 g/mol. The molecular formula is C25H29N5O2S2. The molecule has 4 aromatic rings. The van der Waals surface area contributed by atoms with E-state index in [0.717, 1.165) is 51.7 Å². The molecule has 0 radical (unpaired) electrons. The van der Waals surface area contributed by atoms with Gasteiger partial charge in [-0.05, 0) is 24.5 Å². The summed E-state index contributed by atoms with van der Waals surface area (Å²) >= 11 is 1.51. The van der Waals surface area contributed by atoms with Gasteiger partial charge >= 0.3 is 0 Å². The maximum Gasteiger partial charge on any atom is 0.208 e. The molecule has 34 heavy (non-hydrogen) atoms. The predicted octanol–water partition coefficient (Wildman–Crippen LogP) is 4.85. The first kappa shape index (κ1) is 24.4. The lowest BCUT2D eigenvalue weighted by Gasteiger charge is -2.14. The van der Waals surface area contributed by atoms with Gasteiger partial charge in [-0.25, -0.2) is 18.1 Å². The molecule has 0 aliphatic rings. The highest BCUT2D eigenvalue weighted by molar-refractivity contribution is 7.99. The number of para-hydroxylation sites is 1. The van der Waals surface area contributed by atoms with Gasteiger partial charge in [-0.15, -0.1) is 10.2 Å². The summed E-state index contributed by atoms with van der Waals surface area (Å²) in [6, 6.07) is 20.3. The van der Waals surface area contributed by atoms with Crippen LogP contribution in [0.15, 0.2) is 65.8 Å². The molecule has 0 aliphatic carbocycles. The fourth-order valence-electron chi connectivity index (χ4n) is 3.67. The SMILES string of the molecule is CC(C)CCn1c(SCCNS(C)(=O)=O)nnc1-c1cc(-c2ccccc2)nc2ccccc12. The average molecular weight is 496 g/mol. The van der Waals surface area contributed by atoms with Gasteiger partial charge in [-0.3, -0.25) is 0 Å². The minimum atomic E-state index is -3.22. The zero-order chi connectivity index (χ0) is 24.1. The third kappa shape index (κ3) is 6.02. The van der Waals surface area contributed by atoms with Crippen LogP contribution in [0.5, 0.6) is 0 Å².